The van der Waals surface area contributed by atoms with E-state index in [9.17, 15) is 4.79 Å². The summed E-state index contributed by atoms with van der Waals surface area (Å²) in [5.41, 5.74) is 0.504. The molecule has 144 valence electrons. The van der Waals surface area contributed by atoms with E-state index in [1.165, 1.54) is 0 Å². The van der Waals surface area contributed by atoms with Crippen LogP contribution in [0.25, 0.3) is 0 Å². The Morgan fingerprint density at radius 3 is 2.81 bits per heavy atom. The van der Waals surface area contributed by atoms with E-state index in [1.54, 1.807) is 12.3 Å². The Hall–Kier alpha value is -1.37. The summed E-state index contributed by atoms with van der Waals surface area (Å²) in [6, 6.07) is 1.75. The molecule has 6 nitrogen and oxygen atoms in total. The molecule has 3 aliphatic heterocycles. The van der Waals surface area contributed by atoms with Gasteiger partial charge in [-0.3, -0.25) is 4.79 Å². The fraction of sp³-hybridized carbons (Fsp3) is 0.750. The van der Waals surface area contributed by atoms with Crippen molar-refractivity contribution in [2.75, 3.05) is 46.1 Å². The molecule has 1 amide bonds. The van der Waals surface area contributed by atoms with Crippen LogP contribution < -0.4 is 0 Å². The topological polar surface area (TPSA) is 61.1 Å². The molecule has 0 radical (unpaired) electrons. The second-order valence-electron chi connectivity index (χ2n) is 7.87. The smallest absolute Gasteiger partial charge is 0.257 e. The van der Waals surface area contributed by atoms with Crippen molar-refractivity contribution in [2.45, 2.75) is 38.2 Å². The summed E-state index contributed by atoms with van der Waals surface area (Å²) in [7, 11) is 0. The molecule has 1 spiro atoms. The highest BCUT2D eigenvalue weighted by Gasteiger charge is 2.54. The lowest BCUT2D eigenvalue weighted by atomic mass is 9.79. The van der Waals surface area contributed by atoms with Crippen molar-refractivity contribution in [3.8, 4) is 0 Å². The maximum Gasteiger partial charge on any atom is 0.257 e. The summed E-state index contributed by atoms with van der Waals surface area (Å²) in [5, 5.41) is 0. The van der Waals surface area contributed by atoms with Crippen molar-refractivity contribution in [1.82, 2.24) is 4.90 Å². The number of hydrogen-bond acceptors (Lipinski definition) is 5. The minimum absolute atomic E-state index is 0.0480. The number of hydrogen-bond donors (Lipinski definition) is 0. The molecule has 0 saturated carbocycles. The number of rotatable bonds is 6. The molecular formula is C20H29NO5. The standard InChI is InChI=1S/C20H29NO5/c1-15-18(6-10-25-15)19(22)21-13-20(14-21)17(5-11-26-20)4-9-24-12-16-2-7-23-8-3-16/h6,10,16-17H,2-5,7-9,11-14H2,1H3/t17-/m1/s1. The van der Waals surface area contributed by atoms with Crippen molar-refractivity contribution < 1.29 is 23.4 Å². The van der Waals surface area contributed by atoms with Gasteiger partial charge in [-0.2, -0.15) is 0 Å². The van der Waals surface area contributed by atoms with E-state index < -0.39 is 0 Å². The second-order valence-corrected chi connectivity index (χ2v) is 7.87. The molecule has 1 atom stereocenters. The number of carbonyl (C=O) groups excluding carboxylic acids is 1. The molecule has 1 aromatic heterocycles. The molecule has 4 rings (SSSR count). The minimum Gasteiger partial charge on any atom is -0.469 e. The van der Waals surface area contributed by atoms with Gasteiger partial charge in [-0.15, -0.1) is 0 Å². The number of aryl methyl sites for hydroxylation is 1. The van der Waals surface area contributed by atoms with Gasteiger partial charge in [-0.1, -0.05) is 0 Å². The fourth-order valence-corrected chi connectivity index (χ4v) is 4.45. The molecular weight excluding hydrogens is 334 g/mol. The van der Waals surface area contributed by atoms with E-state index in [4.69, 9.17) is 18.6 Å². The van der Waals surface area contributed by atoms with E-state index in [0.29, 0.717) is 36.2 Å². The summed E-state index contributed by atoms with van der Waals surface area (Å²) < 4.78 is 22.7. The van der Waals surface area contributed by atoms with Crippen molar-refractivity contribution >= 4 is 5.91 Å². The third kappa shape index (κ3) is 3.55. The van der Waals surface area contributed by atoms with Gasteiger partial charge >= 0.3 is 0 Å². The summed E-state index contributed by atoms with van der Waals surface area (Å²) in [5.74, 6) is 1.85. The van der Waals surface area contributed by atoms with Gasteiger partial charge in [0, 0.05) is 33.0 Å². The van der Waals surface area contributed by atoms with Gasteiger partial charge in [0.1, 0.15) is 11.4 Å². The van der Waals surface area contributed by atoms with E-state index in [1.807, 2.05) is 11.8 Å². The molecule has 3 saturated heterocycles. The maximum absolute atomic E-state index is 12.6. The van der Waals surface area contributed by atoms with Crippen molar-refractivity contribution in [2.24, 2.45) is 11.8 Å². The van der Waals surface area contributed by atoms with Gasteiger partial charge < -0.3 is 23.5 Å². The number of furan rings is 1. The van der Waals surface area contributed by atoms with Crippen molar-refractivity contribution in [3.05, 3.63) is 23.7 Å². The second kappa shape index (κ2) is 7.71. The number of ether oxygens (including phenoxy) is 3. The normalized spacial score (nSPS) is 25.6. The van der Waals surface area contributed by atoms with Gasteiger partial charge in [-0.25, -0.2) is 0 Å². The predicted molar refractivity (Wildman–Crippen MR) is 95.1 cm³/mol. The molecule has 1 aromatic rings. The number of likely N-dealkylation sites (tertiary alicyclic amines) is 1. The van der Waals surface area contributed by atoms with Crippen LogP contribution >= 0.6 is 0 Å². The average molecular weight is 363 g/mol. The van der Waals surface area contributed by atoms with Crippen LogP contribution in [-0.2, 0) is 14.2 Å². The highest BCUT2D eigenvalue weighted by molar-refractivity contribution is 5.95. The van der Waals surface area contributed by atoms with E-state index >= 15 is 0 Å². The molecule has 0 bridgehead atoms. The first-order valence-corrected chi connectivity index (χ1v) is 9.81. The SMILES string of the molecule is Cc1occc1C(=O)N1CC2(C1)OCC[C@H]2CCOCC1CCOCC1. The lowest BCUT2D eigenvalue weighted by Crippen LogP contribution is -2.66. The summed E-state index contributed by atoms with van der Waals surface area (Å²) >= 11 is 0. The Balaban J connectivity index is 1.23. The van der Waals surface area contributed by atoms with E-state index in [2.05, 4.69) is 0 Å². The highest BCUT2D eigenvalue weighted by atomic mass is 16.5. The first-order valence-electron chi connectivity index (χ1n) is 9.81. The van der Waals surface area contributed by atoms with Gasteiger partial charge in [0.25, 0.3) is 5.91 Å². The monoisotopic (exact) mass is 363 g/mol. The largest absolute Gasteiger partial charge is 0.469 e. The van der Waals surface area contributed by atoms with Gasteiger partial charge in [0.2, 0.25) is 0 Å². The molecule has 0 N–H and O–H groups in total. The zero-order chi connectivity index (χ0) is 18.0. The summed E-state index contributed by atoms with van der Waals surface area (Å²) in [6.07, 6.45) is 5.87. The molecule has 26 heavy (non-hydrogen) atoms. The van der Waals surface area contributed by atoms with Gasteiger partial charge in [0.15, 0.2) is 0 Å². The number of carbonyl (C=O) groups is 1. The van der Waals surface area contributed by atoms with Crippen LogP contribution in [0.5, 0.6) is 0 Å². The minimum atomic E-state index is -0.157. The van der Waals surface area contributed by atoms with Crippen LogP contribution in [0.3, 0.4) is 0 Å². The third-order valence-corrected chi connectivity index (χ3v) is 6.20. The Kier molecular flexibility index (Phi) is 5.34. The lowest BCUT2D eigenvalue weighted by molar-refractivity contribution is -0.121. The number of amides is 1. The quantitative estimate of drug-likeness (QED) is 0.727. The molecule has 0 unspecified atom stereocenters. The maximum atomic E-state index is 12.6. The first kappa shape index (κ1) is 18.0. The highest BCUT2D eigenvalue weighted by Crippen LogP contribution is 2.42. The van der Waals surface area contributed by atoms with Crippen molar-refractivity contribution in [1.29, 1.82) is 0 Å². The van der Waals surface area contributed by atoms with Crippen LogP contribution in [0.1, 0.15) is 41.8 Å². The molecule has 3 aliphatic rings. The molecule has 0 aliphatic carbocycles. The van der Waals surface area contributed by atoms with E-state index in [0.717, 1.165) is 58.7 Å². The van der Waals surface area contributed by atoms with Gasteiger partial charge in [0.05, 0.1) is 24.9 Å². The molecule has 0 aromatic carbocycles. The van der Waals surface area contributed by atoms with E-state index in [-0.39, 0.29) is 11.5 Å². The van der Waals surface area contributed by atoms with Crippen LogP contribution in [0, 0.1) is 18.8 Å². The summed E-state index contributed by atoms with van der Waals surface area (Å²) in [4.78, 5) is 14.4. The summed E-state index contributed by atoms with van der Waals surface area (Å²) in [6.45, 7) is 7.34. The molecule has 3 fully saturated rings. The Labute approximate surface area is 154 Å². The third-order valence-electron chi connectivity index (χ3n) is 6.20. The van der Waals surface area contributed by atoms with Gasteiger partial charge in [-0.05, 0) is 50.5 Å². The zero-order valence-electron chi connectivity index (χ0n) is 15.6. The lowest BCUT2D eigenvalue weighted by Gasteiger charge is -2.50. The average Bonchev–Trinajstić information content (AvgIpc) is 3.24. The fourth-order valence-electron chi connectivity index (χ4n) is 4.45. The Bertz CT molecular complexity index is 615. The van der Waals surface area contributed by atoms with Crippen LogP contribution in [-0.4, -0.2) is 62.5 Å². The van der Waals surface area contributed by atoms with Crippen LogP contribution in [0.4, 0.5) is 0 Å². The van der Waals surface area contributed by atoms with Crippen LogP contribution in [0.15, 0.2) is 16.7 Å². The Morgan fingerprint density at radius 1 is 1.27 bits per heavy atom. The number of nitrogens with zero attached hydrogens (tertiary/aromatic N) is 1. The zero-order valence-corrected chi connectivity index (χ0v) is 15.6. The molecule has 4 heterocycles. The first-order chi connectivity index (χ1) is 12.7. The van der Waals surface area contributed by atoms with Crippen LogP contribution in [0.2, 0.25) is 0 Å². The van der Waals surface area contributed by atoms with Crippen molar-refractivity contribution in [3.63, 3.8) is 0 Å². The predicted octanol–water partition coefficient (Wildman–Crippen LogP) is 2.65. The Morgan fingerprint density at radius 2 is 2.08 bits per heavy atom. The molecule has 6 heteroatoms.